The summed E-state index contributed by atoms with van der Waals surface area (Å²) in [5, 5.41) is 5.76. The Morgan fingerprint density at radius 1 is 1.10 bits per heavy atom. The van der Waals surface area contributed by atoms with Gasteiger partial charge in [0.1, 0.15) is 17.5 Å². The highest BCUT2D eigenvalue weighted by molar-refractivity contribution is 7.98. The molecule has 2 aromatic carbocycles. The highest BCUT2D eigenvalue weighted by atomic mass is 32.2. The van der Waals surface area contributed by atoms with Gasteiger partial charge in [-0.25, -0.2) is 0 Å². The minimum absolute atomic E-state index is 0.248. The number of hydrogen-bond donors (Lipinski definition) is 2. The predicted octanol–water partition coefficient (Wildman–Crippen LogP) is 4.51. The Hall–Kier alpha value is -2.67. The lowest BCUT2D eigenvalue weighted by molar-refractivity contribution is -0.118. The third-order valence-electron chi connectivity index (χ3n) is 5.31. The van der Waals surface area contributed by atoms with Crippen LogP contribution < -0.4 is 20.1 Å². The number of para-hydroxylation sites is 1. The summed E-state index contributed by atoms with van der Waals surface area (Å²) in [5.74, 6) is 1.45. The second kappa shape index (κ2) is 11.6. The van der Waals surface area contributed by atoms with E-state index >= 15 is 0 Å². The van der Waals surface area contributed by atoms with Gasteiger partial charge < -0.3 is 20.1 Å². The number of carbonyl (C=O) groups is 2. The lowest BCUT2D eigenvalue weighted by Crippen LogP contribution is -2.44. The maximum Gasteiger partial charge on any atom is 0.255 e. The Morgan fingerprint density at radius 3 is 2.48 bits per heavy atom. The molecule has 1 atom stereocenters. The topological polar surface area (TPSA) is 76.7 Å². The van der Waals surface area contributed by atoms with Crippen molar-refractivity contribution in [2.75, 3.05) is 24.4 Å². The zero-order valence-corrected chi connectivity index (χ0v) is 18.9. The van der Waals surface area contributed by atoms with E-state index in [1.807, 2.05) is 30.5 Å². The molecule has 6 nitrogen and oxygen atoms in total. The second-order valence-corrected chi connectivity index (χ2v) is 8.53. The zero-order valence-electron chi connectivity index (χ0n) is 18.1. The van der Waals surface area contributed by atoms with Crippen molar-refractivity contribution < 1.29 is 19.1 Å². The summed E-state index contributed by atoms with van der Waals surface area (Å²) in [7, 11) is 1.52. The number of ether oxygens (including phenoxy) is 2. The number of thioether (sulfide) groups is 1. The lowest BCUT2D eigenvalue weighted by Gasteiger charge is -2.19. The summed E-state index contributed by atoms with van der Waals surface area (Å²) in [4.78, 5) is 25.7. The molecule has 2 N–H and O–H groups in total. The van der Waals surface area contributed by atoms with Gasteiger partial charge in [0.25, 0.3) is 5.91 Å². The molecule has 0 aliphatic heterocycles. The molecule has 0 spiro atoms. The molecule has 0 heterocycles. The fourth-order valence-corrected chi connectivity index (χ4v) is 4.09. The third-order valence-corrected chi connectivity index (χ3v) is 5.95. The van der Waals surface area contributed by atoms with Gasteiger partial charge in [-0.1, -0.05) is 12.1 Å². The Labute approximate surface area is 188 Å². The van der Waals surface area contributed by atoms with Crippen molar-refractivity contribution in [1.82, 2.24) is 5.32 Å². The van der Waals surface area contributed by atoms with Gasteiger partial charge in [-0.05, 0) is 80.5 Å². The zero-order chi connectivity index (χ0) is 22.1. The molecule has 0 bridgehead atoms. The van der Waals surface area contributed by atoms with E-state index in [1.165, 1.54) is 20.0 Å². The van der Waals surface area contributed by atoms with E-state index in [-0.39, 0.29) is 11.8 Å². The molecule has 166 valence electrons. The number of carbonyl (C=O) groups excluding carboxylic acids is 2. The molecule has 7 heteroatoms. The van der Waals surface area contributed by atoms with Crippen LogP contribution in [0.3, 0.4) is 0 Å². The first-order chi connectivity index (χ1) is 15.1. The second-order valence-electron chi connectivity index (χ2n) is 7.55. The number of nitrogens with one attached hydrogen (secondary N) is 2. The average molecular weight is 443 g/mol. The van der Waals surface area contributed by atoms with Gasteiger partial charge in [-0.2, -0.15) is 11.8 Å². The molecule has 31 heavy (non-hydrogen) atoms. The Kier molecular flexibility index (Phi) is 8.64. The van der Waals surface area contributed by atoms with Crippen molar-refractivity contribution in [2.45, 2.75) is 44.2 Å². The highest BCUT2D eigenvalue weighted by Crippen LogP contribution is 2.25. The molecular formula is C24H30N2O4S. The van der Waals surface area contributed by atoms with Gasteiger partial charge in [0.2, 0.25) is 5.91 Å². The molecule has 2 amide bonds. The van der Waals surface area contributed by atoms with Crippen molar-refractivity contribution >= 4 is 29.3 Å². The summed E-state index contributed by atoms with van der Waals surface area (Å²) >= 11 is 1.63. The number of benzene rings is 2. The van der Waals surface area contributed by atoms with Crippen LogP contribution in [-0.4, -0.2) is 43.1 Å². The van der Waals surface area contributed by atoms with Crippen LogP contribution in [0.4, 0.5) is 5.69 Å². The van der Waals surface area contributed by atoms with E-state index in [2.05, 4.69) is 10.6 Å². The molecule has 0 radical (unpaired) electrons. The minimum atomic E-state index is -0.653. The van der Waals surface area contributed by atoms with Gasteiger partial charge in [0.15, 0.2) is 0 Å². The van der Waals surface area contributed by atoms with Crippen LogP contribution in [0.1, 0.15) is 42.5 Å². The predicted molar refractivity (Wildman–Crippen MR) is 125 cm³/mol. The van der Waals surface area contributed by atoms with Crippen molar-refractivity contribution in [1.29, 1.82) is 0 Å². The molecule has 1 aliphatic carbocycles. The van der Waals surface area contributed by atoms with E-state index in [0.29, 0.717) is 29.5 Å². The first-order valence-electron chi connectivity index (χ1n) is 10.6. The smallest absolute Gasteiger partial charge is 0.255 e. The van der Waals surface area contributed by atoms with E-state index in [1.54, 1.807) is 36.0 Å². The molecule has 0 aromatic heterocycles. The fourth-order valence-electron chi connectivity index (χ4n) is 3.62. The summed E-state index contributed by atoms with van der Waals surface area (Å²) in [6, 6.07) is 13.7. The standard InChI is InChI=1S/C24H30N2O4S/c1-29-22-10-6-5-9-20(22)23(27)26-21(15-16-31-2)24(28)25-17-11-13-19(14-12-17)30-18-7-3-4-8-18/h5-6,9-14,18,21H,3-4,7-8,15-16H2,1-2H3,(H,25,28)(H,26,27). The van der Waals surface area contributed by atoms with E-state index < -0.39 is 6.04 Å². The number of methoxy groups -OCH3 is 1. The van der Waals surface area contributed by atoms with Crippen molar-refractivity contribution in [3.8, 4) is 11.5 Å². The Bertz CT molecular complexity index is 866. The van der Waals surface area contributed by atoms with Crippen LogP contribution in [0.5, 0.6) is 11.5 Å². The first kappa shape index (κ1) is 23.0. The van der Waals surface area contributed by atoms with Gasteiger partial charge in [0.05, 0.1) is 18.8 Å². The molecule has 1 fully saturated rings. The monoisotopic (exact) mass is 442 g/mol. The van der Waals surface area contributed by atoms with Gasteiger partial charge in [-0.15, -0.1) is 0 Å². The number of hydrogen-bond acceptors (Lipinski definition) is 5. The molecule has 0 saturated heterocycles. The minimum Gasteiger partial charge on any atom is -0.496 e. The van der Waals surface area contributed by atoms with Crippen LogP contribution >= 0.6 is 11.8 Å². The largest absolute Gasteiger partial charge is 0.496 e. The first-order valence-corrected chi connectivity index (χ1v) is 12.0. The highest BCUT2D eigenvalue weighted by Gasteiger charge is 2.23. The van der Waals surface area contributed by atoms with Gasteiger partial charge in [-0.3, -0.25) is 9.59 Å². The van der Waals surface area contributed by atoms with Crippen LogP contribution in [0.2, 0.25) is 0 Å². The van der Waals surface area contributed by atoms with Crippen LogP contribution in [0.15, 0.2) is 48.5 Å². The SMILES string of the molecule is COc1ccccc1C(=O)NC(CCSC)C(=O)Nc1ccc(OC2CCCC2)cc1. The number of rotatable bonds is 10. The molecule has 1 saturated carbocycles. The maximum absolute atomic E-state index is 12.9. The van der Waals surface area contributed by atoms with E-state index in [4.69, 9.17) is 9.47 Å². The molecular weight excluding hydrogens is 412 g/mol. The van der Waals surface area contributed by atoms with Crippen molar-refractivity contribution in [3.63, 3.8) is 0 Å². The average Bonchev–Trinajstić information content (AvgIpc) is 3.30. The van der Waals surface area contributed by atoms with Gasteiger partial charge in [0, 0.05) is 5.69 Å². The summed E-state index contributed by atoms with van der Waals surface area (Å²) in [5.41, 5.74) is 1.07. The van der Waals surface area contributed by atoms with E-state index in [9.17, 15) is 9.59 Å². The Morgan fingerprint density at radius 2 is 1.81 bits per heavy atom. The van der Waals surface area contributed by atoms with Crippen molar-refractivity contribution in [3.05, 3.63) is 54.1 Å². The van der Waals surface area contributed by atoms with Crippen LogP contribution in [-0.2, 0) is 4.79 Å². The van der Waals surface area contributed by atoms with Crippen molar-refractivity contribution in [2.24, 2.45) is 0 Å². The van der Waals surface area contributed by atoms with Gasteiger partial charge >= 0.3 is 0 Å². The third kappa shape index (κ3) is 6.66. The van der Waals surface area contributed by atoms with Crippen LogP contribution in [0.25, 0.3) is 0 Å². The fraction of sp³-hybridized carbons (Fsp3) is 0.417. The molecule has 3 rings (SSSR count). The lowest BCUT2D eigenvalue weighted by atomic mass is 10.1. The Balaban J connectivity index is 1.63. The normalized spacial score (nSPS) is 14.6. The molecule has 1 unspecified atom stereocenters. The molecule has 1 aliphatic rings. The maximum atomic E-state index is 12.9. The summed E-state index contributed by atoms with van der Waals surface area (Å²) in [6.45, 7) is 0. The summed E-state index contributed by atoms with van der Waals surface area (Å²) in [6.07, 6.45) is 7.43. The van der Waals surface area contributed by atoms with E-state index in [0.717, 1.165) is 24.3 Å². The quantitative estimate of drug-likeness (QED) is 0.566. The summed E-state index contributed by atoms with van der Waals surface area (Å²) < 4.78 is 11.2. The number of anilines is 1. The molecule has 2 aromatic rings. The van der Waals surface area contributed by atoms with Crippen LogP contribution in [0, 0.1) is 0 Å². The number of amides is 2.